The summed E-state index contributed by atoms with van der Waals surface area (Å²) >= 11 is 0. The van der Waals surface area contributed by atoms with E-state index < -0.39 is 0 Å². The van der Waals surface area contributed by atoms with Crippen LogP contribution in [0.1, 0.15) is 12.5 Å². The van der Waals surface area contributed by atoms with Gasteiger partial charge in [0, 0.05) is 25.7 Å². The Morgan fingerprint density at radius 2 is 2.00 bits per heavy atom. The normalized spacial score (nSPS) is 10.3. The van der Waals surface area contributed by atoms with Crippen molar-refractivity contribution in [3.05, 3.63) is 35.6 Å². The first kappa shape index (κ1) is 15.0. The lowest BCUT2D eigenvalue weighted by molar-refractivity contribution is 0.379. The standard InChI is InChI=1S/C14H18FN5O/c1-4-16-12-17-13(19-14(18-12)21-3)20(2)9-10-7-5-6-8-11(10)15/h5-8H,4,9H2,1-3H3,(H,16,17,18,19). The molecule has 2 aromatic rings. The number of hydrogen-bond acceptors (Lipinski definition) is 6. The molecule has 0 saturated heterocycles. The summed E-state index contributed by atoms with van der Waals surface area (Å²) in [7, 11) is 3.28. The maximum Gasteiger partial charge on any atom is 0.322 e. The maximum absolute atomic E-state index is 13.7. The summed E-state index contributed by atoms with van der Waals surface area (Å²) < 4.78 is 18.8. The van der Waals surface area contributed by atoms with Gasteiger partial charge in [0.25, 0.3) is 0 Å². The van der Waals surface area contributed by atoms with E-state index in [0.717, 1.165) is 0 Å². The minimum atomic E-state index is -0.253. The van der Waals surface area contributed by atoms with E-state index in [0.29, 0.717) is 30.5 Å². The zero-order valence-electron chi connectivity index (χ0n) is 12.3. The second kappa shape index (κ2) is 6.83. The van der Waals surface area contributed by atoms with Gasteiger partial charge in [0.2, 0.25) is 11.9 Å². The first-order valence-corrected chi connectivity index (χ1v) is 6.62. The Balaban J connectivity index is 2.23. The van der Waals surface area contributed by atoms with Gasteiger partial charge in [0.15, 0.2) is 0 Å². The molecule has 0 atom stereocenters. The molecule has 1 aromatic heterocycles. The third kappa shape index (κ3) is 3.77. The van der Waals surface area contributed by atoms with E-state index in [1.807, 2.05) is 6.92 Å². The lowest BCUT2D eigenvalue weighted by Crippen LogP contribution is -2.21. The average molecular weight is 291 g/mol. The summed E-state index contributed by atoms with van der Waals surface area (Å²) in [6.45, 7) is 2.98. The van der Waals surface area contributed by atoms with Gasteiger partial charge in [-0.1, -0.05) is 18.2 Å². The molecule has 6 nitrogen and oxygen atoms in total. The van der Waals surface area contributed by atoms with Crippen LogP contribution < -0.4 is 15.0 Å². The van der Waals surface area contributed by atoms with E-state index in [1.54, 1.807) is 30.1 Å². The summed E-state index contributed by atoms with van der Waals surface area (Å²) in [6, 6.07) is 6.84. The van der Waals surface area contributed by atoms with Gasteiger partial charge in [-0.3, -0.25) is 0 Å². The highest BCUT2D eigenvalue weighted by Crippen LogP contribution is 2.17. The second-order valence-corrected chi connectivity index (χ2v) is 4.42. The van der Waals surface area contributed by atoms with Crippen LogP contribution in [0.3, 0.4) is 0 Å². The summed E-state index contributed by atoms with van der Waals surface area (Å²) in [6.07, 6.45) is 0. The van der Waals surface area contributed by atoms with Crippen LogP contribution in [0, 0.1) is 5.82 Å². The third-order valence-electron chi connectivity index (χ3n) is 2.83. The molecular formula is C14H18FN5O. The van der Waals surface area contributed by atoms with E-state index in [-0.39, 0.29) is 11.8 Å². The monoisotopic (exact) mass is 291 g/mol. The maximum atomic E-state index is 13.7. The second-order valence-electron chi connectivity index (χ2n) is 4.42. The highest BCUT2D eigenvalue weighted by molar-refractivity contribution is 5.38. The van der Waals surface area contributed by atoms with Crippen molar-refractivity contribution in [2.45, 2.75) is 13.5 Å². The van der Waals surface area contributed by atoms with Crippen LogP contribution in [0.4, 0.5) is 16.3 Å². The molecule has 0 aliphatic rings. The number of nitrogens with zero attached hydrogens (tertiary/aromatic N) is 4. The predicted molar refractivity (Wildman–Crippen MR) is 79.0 cm³/mol. The van der Waals surface area contributed by atoms with Crippen molar-refractivity contribution < 1.29 is 9.13 Å². The highest BCUT2D eigenvalue weighted by atomic mass is 19.1. The van der Waals surface area contributed by atoms with Crippen LogP contribution in [-0.2, 0) is 6.54 Å². The largest absolute Gasteiger partial charge is 0.467 e. The van der Waals surface area contributed by atoms with Crippen LogP contribution in [-0.4, -0.2) is 35.7 Å². The minimum absolute atomic E-state index is 0.219. The van der Waals surface area contributed by atoms with Crippen molar-refractivity contribution in [3.63, 3.8) is 0 Å². The van der Waals surface area contributed by atoms with Crippen LogP contribution >= 0.6 is 0 Å². The molecule has 0 fully saturated rings. The van der Waals surface area contributed by atoms with E-state index >= 15 is 0 Å². The average Bonchev–Trinajstić information content (AvgIpc) is 2.49. The Hall–Kier alpha value is -2.44. The number of anilines is 2. The third-order valence-corrected chi connectivity index (χ3v) is 2.83. The molecule has 0 unspecified atom stereocenters. The van der Waals surface area contributed by atoms with Crippen molar-refractivity contribution >= 4 is 11.9 Å². The van der Waals surface area contributed by atoms with E-state index in [2.05, 4.69) is 20.3 Å². The smallest absolute Gasteiger partial charge is 0.322 e. The van der Waals surface area contributed by atoms with E-state index in [1.165, 1.54) is 13.2 Å². The predicted octanol–water partition coefficient (Wildman–Crippen LogP) is 2.09. The molecule has 7 heteroatoms. The lowest BCUT2D eigenvalue weighted by atomic mass is 10.2. The van der Waals surface area contributed by atoms with Gasteiger partial charge in [-0.25, -0.2) is 4.39 Å². The molecule has 0 radical (unpaired) electrons. The number of benzene rings is 1. The molecule has 0 bridgehead atoms. The van der Waals surface area contributed by atoms with Crippen molar-refractivity contribution in [1.29, 1.82) is 0 Å². The highest BCUT2D eigenvalue weighted by Gasteiger charge is 2.12. The van der Waals surface area contributed by atoms with Gasteiger partial charge in [0.1, 0.15) is 5.82 Å². The zero-order chi connectivity index (χ0) is 15.2. The number of halogens is 1. The molecule has 112 valence electrons. The molecule has 1 N–H and O–H groups in total. The van der Waals surface area contributed by atoms with Crippen LogP contribution in [0.15, 0.2) is 24.3 Å². The molecule has 1 aromatic carbocycles. The molecule has 0 aliphatic heterocycles. The fourth-order valence-corrected chi connectivity index (χ4v) is 1.80. The van der Waals surface area contributed by atoms with Crippen molar-refractivity contribution in [2.24, 2.45) is 0 Å². The molecule has 0 amide bonds. The first-order chi connectivity index (χ1) is 10.1. The fourth-order valence-electron chi connectivity index (χ4n) is 1.80. The molecule has 1 heterocycles. The quantitative estimate of drug-likeness (QED) is 0.879. The number of methoxy groups -OCH3 is 1. The Kier molecular flexibility index (Phi) is 4.86. The molecule has 0 aliphatic carbocycles. The van der Waals surface area contributed by atoms with Crippen molar-refractivity contribution in [1.82, 2.24) is 15.0 Å². The number of ether oxygens (including phenoxy) is 1. The zero-order valence-corrected chi connectivity index (χ0v) is 12.3. The first-order valence-electron chi connectivity index (χ1n) is 6.62. The van der Waals surface area contributed by atoms with Gasteiger partial charge in [-0.05, 0) is 13.0 Å². The SMILES string of the molecule is CCNc1nc(OC)nc(N(C)Cc2ccccc2F)n1. The number of aromatic nitrogens is 3. The number of rotatable bonds is 6. The van der Waals surface area contributed by atoms with Crippen molar-refractivity contribution in [2.75, 3.05) is 30.9 Å². The molecule has 21 heavy (non-hydrogen) atoms. The van der Waals surface area contributed by atoms with Crippen LogP contribution in [0.5, 0.6) is 6.01 Å². The summed E-state index contributed by atoms with van der Waals surface area (Å²) in [4.78, 5) is 14.3. The molecule has 0 saturated carbocycles. The van der Waals surface area contributed by atoms with E-state index in [4.69, 9.17) is 4.74 Å². The Bertz CT molecular complexity index is 608. The summed E-state index contributed by atoms with van der Waals surface area (Å²) in [5.41, 5.74) is 0.573. The van der Waals surface area contributed by atoms with Gasteiger partial charge in [-0.2, -0.15) is 15.0 Å². The molecule has 0 spiro atoms. The number of nitrogens with one attached hydrogen (secondary N) is 1. The molecule has 2 rings (SSSR count). The Labute approximate surface area is 123 Å². The Morgan fingerprint density at radius 3 is 2.67 bits per heavy atom. The van der Waals surface area contributed by atoms with Crippen LogP contribution in [0.25, 0.3) is 0 Å². The van der Waals surface area contributed by atoms with Gasteiger partial charge >= 0.3 is 6.01 Å². The van der Waals surface area contributed by atoms with Gasteiger partial charge in [-0.15, -0.1) is 0 Å². The van der Waals surface area contributed by atoms with Crippen molar-refractivity contribution in [3.8, 4) is 6.01 Å². The van der Waals surface area contributed by atoms with Crippen LogP contribution in [0.2, 0.25) is 0 Å². The lowest BCUT2D eigenvalue weighted by Gasteiger charge is -2.18. The molecular weight excluding hydrogens is 273 g/mol. The topological polar surface area (TPSA) is 63.2 Å². The van der Waals surface area contributed by atoms with Gasteiger partial charge in [0.05, 0.1) is 7.11 Å². The summed E-state index contributed by atoms with van der Waals surface area (Å²) in [5.74, 6) is 0.595. The summed E-state index contributed by atoms with van der Waals surface area (Å²) in [5, 5.41) is 3.01. The van der Waals surface area contributed by atoms with E-state index in [9.17, 15) is 4.39 Å². The minimum Gasteiger partial charge on any atom is -0.467 e. The van der Waals surface area contributed by atoms with Gasteiger partial charge < -0.3 is 15.0 Å². The Morgan fingerprint density at radius 1 is 1.24 bits per heavy atom. The fraction of sp³-hybridized carbons (Fsp3) is 0.357. The number of hydrogen-bond donors (Lipinski definition) is 1.